The fourth-order valence-electron chi connectivity index (χ4n) is 3.84. The van der Waals surface area contributed by atoms with Gasteiger partial charge in [-0.05, 0) is 49.3 Å². The van der Waals surface area contributed by atoms with E-state index in [1.807, 2.05) is 0 Å². The van der Waals surface area contributed by atoms with Crippen LogP contribution in [0.5, 0.6) is 17.2 Å². The number of ether oxygens (including phenoxy) is 3. The van der Waals surface area contributed by atoms with E-state index in [0.717, 1.165) is 29.7 Å². The molecule has 1 heterocycles. The molecule has 1 aromatic heterocycles. The highest BCUT2D eigenvalue weighted by atomic mass is 32.1. The van der Waals surface area contributed by atoms with Crippen LogP contribution in [0.3, 0.4) is 0 Å². The zero-order chi connectivity index (χ0) is 23.3. The summed E-state index contributed by atoms with van der Waals surface area (Å²) in [5.41, 5.74) is 1.86. The van der Waals surface area contributed by atoms with Gasteiger partial charge in [0.2, 0.25) is 5.75 Å². The Morgan fingerprint density at radius 1 is 1.12 bits per heavy atom. The second-order valence-corrected chi connectivity index (χ2v) is 8.86. The maximum atomic E-state index is 13.1. The summed E-state index contributed by atoms with van der Waals surface area (Å²) in [4.78, 5) is 27.2. The molecule has 1 atom stereocenters. The summed E-state index contributed by atoms with van der Waals surface area (Å²) in [7, 11) is 4.48. The van der Waals surface area contributed by atoms with Gasteiger partial charge in [-0.25, -0.2) is 0 Å². The van der Waals surface area contributed by atoms with Crippen molar-refractivity contribution in [2.24, 2.45) is 5.92 Å². The predicted octanol–water partition coefficient (Wildman–Crippen LogP) is 3.26. The lowest BCUT2D eigenvalue weighted by Crippen LogP contribution is -2.27. The number of methoxy groups -OCH3 is 3. The third kappa shape index (κ3) is 4.99. The highest BCUT2D eigenvalue weighted by Crippen LogP contribution is 2.41. The minimum Gasteiger partial charge on any atom is -0.493 e. The van der Waals surface area contributed by atoms with Crippen molar-refractivity contribution in [3.05, 3.63) is 33.7 Å². The van der Waals surface area contributed by atoms with Crippen molar-refractivity contribution in [1.29, 1.82) is 0 Å². The van der Waals surface area contributed by atoms with Gasteiger partial charge in [0.1, 0.15) is 5.00 Å². The number of fused-ring (bicyclic) bond motifs is 1. The van der Waals surface area contributed by atoms with Gasteiger partial charge in [0.25, 0.3) is 11.8 Å². The standard InChI is InChI=1S/C23H30N2O6S/c1-13-6-7-15-18(10-13)32-23(19(15)22(28)24-8-5-9-26)25-21(27)14-11-16(29-2)20(31-4)17(12-14)30-3/h11-13,26H,5-10H2,1-4H3,(H,24,28)(H,25,27)/t13-/m0/s1. The molecule has 0 radical (unpaired) electrons. The van der Waals surface area contributed by atoms with E-state index in [2.05, 4.69) is 17.6 Å². The number of thiophene rings is 1. The van der Waals surface area contributed by atoms with Crippen molar-refractivity contribution in [2.75, 3.05) is 39.8 Å². The van der Waals surface area contributed by atoms with Crippen molar-refractivity contribution >= 4 is 28.2 Å². The molecule has 8 nitrogen and oxygen atoms in total. The molecule has 0 saturated carbocycles. The van der Waals surface area contributed by atoms with Crippen molar-refractivity contribution in [2.45, 2.75) is 32.6 Å². The Kier molecular flexibility index (Phi) is 7.98. The molecule has 3 N–H and O–H groups in total. The molecule has 1 aliphatic carbocycles. The molecule has 0 aliphatic heterocycles. The number of carbonyl (C=O) groups is 2. The molecule has 1 aliphatic rings. The van der Waals surface area contributed by atoms with E-state index in [4.69, 9.17) is 19.3 Å². The zero-order valence-electron chi connectivity index (χ0n) is 18.9. The number of carbonyl (C=O) groups excluding carboxylic acids is 2. The number of amides is 2. The van der Waals surface area contributed by atoms with Crippen LogP contribution >= 0.6 is 11.3 Å². The molecule has 32 heavy (non-hydrogen) atoms. The van der Waals surface area contributed by atoms with E-state index in [1.54, 1.807) is 12.1 Å². The minimum atomic E-state index is -0.375. The van der Waals surface area contributed by atoms with Crippen LogP contribution in [0, 0.1) is 5.92 Å². The van der Waals surface area contributed by atoms with Crippen molar-refractivity contribution in [3.63, 3.8) is 0 Å². The number of benzene rings is 1. The third-order valence-electron chi connectivity index (χ3n) is 5.51. The van der Waals surface area contributed by atoms with Gasteiger partial charge < -0.3 is 30.0 Å². The molecule has 0 spiro atoms. The number of aliphatic hydroxyl groups is 1. The number of hydrogen-bond donors (Lipinski definition) is 3. The Labute approximate surface area is 191 Å². The fourth-order valence-corrected chi connectivity index (χ4v) is 5.24. The summed E-state index contributed by atoms with van der Waals surface area (Å²) in [6.45, 7) is 2.57. The Balaban J connectivity index is 1.94. The van der Waals surface area contributed by atoms with E-state index < -0.39 is 0 Å². The molecular weight excluding hydrogens is 432 g/mol. The largest absolute Gasteiger partial charge is 0.493 e. The first-order valence-electron chi connectivity index (χ1n) is 10.6. The van der Waals surface area contributed by atoms with Gasteiger partial charge in [0, 0.05) is 23.6 Å². The first-order valence-corrected chi connectivity index (χ1v) is 11.4. The molecule has 3 rings (SSSR count). The summed E-state index contributed by atoms with van der Waals surface area (Å²) in [6, 6.07) is 3.15. The van der Waals surface area contributed by atoms with Crippen LogP contribution in [0.1, 0.15) is 50.9 Å². The van der Waals surface area contributed by atoms with Crippen LogP contribution in [0.15, 0.2) is 12.1 Å². The minimum absolute atomic E-state index is 0.00423. The number of hydrogen-bond acceptors (Lipinski definition) is 7. The topological polar surface area (TPSA) is 106 Å². The monoisotopic (exact) mass is 462 g/mol. The van der Waals surface area contributed by atoms with Crippen LogP contribution in [0.25, 0.3) is 0 Å². The summed E-state index contributed by atoms with van der Waals surface area (Å²) >= 11 is 1.45. The second kappa shape index (κ2) is 10.7. The van der Waals surface area contributed by atoms with Gasteiger partial charge in [-0.2, -0.15) is 0 Å². The van der Waals surface area contributed by atoms with Gasteiger partial charge in [0.15, 0.2) is 11.5 Å². The molecule has 0 fully saturated rings. The summed E-state index contributed by atoms with van der Waals surface area (Å²) in [6.07, 6.45) is 3.16. The van der Waals surface area contributed by atoms with E-state index in [0.29, 0.717) is 52.3 Å². The van der Waals surface area contributed by atoms with Gasteiger partial charge >= 0.3 is 0 Å². The summed E-state index contributed by atoms with van der Waals surface area (Å²) in [5, 5.41) is 15.3. The van der Waals surface area contributed by atoms with Gasteiger partial charge in [0.05, 0.1) is 26.9 Å². The van der Waals surface area contributed by atoms with E-state index >= 15 is 0 Å². The van der Waals surface area contributed by atoms with E-state index in [9.17, 15) is 9.59 Å². The molecule has 0 unspecified atom stereocenters. The lowest BCUT2D eigenvalue weighted by Gasteiger charge is -2.18. The SMILES string of the molecule is COc1cc(C(=O)Nc2sc3c(c2C(=O)NCCCO)CC[C@H](C)C3)cc(OC)c1OC. The molecule has 1 aromatic carbocycles. The van der Waals surface area contributed by atoms with Gasteiger partial charge in [-0.1, -0.05) is 6.92 Å². The van der Waals surface area contributed by atoms with Crippen LogP contribution in [-0.2, 0) is 12.8 Å². The molecule has 0 bridgehead atoms. The molecule has 9 heteroatoms. The Bertz CT molecular complexity index is 962. The van der Waals surface area contributed by atoms with Gasteiger partial charge in [-0.15, -0.1) is 11.3 Å². The lowest BCUT2D eigenvalue weighted by atomic mass is 9.88. The van der Waals surface area contributed by atoms with Crippen molar-refractivity contribution in [1.82, 2.24) is 5.32 Å². The highest BCUT2D eigenvalue weighted by Gasteiger charge is 2.29. The molecule has 0 saturated heterocycles. The molecule has 2 amide bonds. The Hall–Kier alpha value is -2.78. The van der Waals surface area contributed by atoms with Crippen LogP contribution in [0.2, 0.25) is 0 Å². The number of nitrogens with one attached hydrogen (secondary N) is 2. The summed E-state index contributed by atoms with van der Waals surface area (Å²) < 4.78 is 16.0. The smallest absolute Gasteiger partial charge is 0.256 e. The maximum absolute atomic E-state index is 13.1. The van der Waals surface area contributed by atoms with Crippen LogP contribution in [-0.4, -0.2) is 51.4 Å². The van der Waals surface area contributed by atoms with E-state index in [-0.39, 0.29) is 18.4 Å². The average Bonchev–Trinajstić information content (AvgIpc) is 3.14. The normalized spacial score (nSPS) is 15.0. The second-order valence-electron chi connectivity index (χ2n) is 7.76. The summed E-state index contributed by atoms with van der Waals surface area (Å²) in [5.74, 6) is 1.07. The zero-order valence-corrected chi connectivity index (χ0v) is 19.7. The number of aliphatic hydroxyl groups excluding tert-OH is 1. The first kappa shape index (κ1) is 23.9. The molecule has 174 valence electrons. The fraction of sp³-hybridized carbons (Fsp3) is 0.478. The highest BCUT2D eigenvalue weighted by molar-refractivity contribution is 7.17. The van der Waals surface area contributed by atoms with Crippen molar-refractivity contribution in [3.8, 4) is 17.2 Å². The average molecular weight is 463 g/mol. The molecule has 2 aromatic rings. The lowest BCUT2D eigenvalue weighted by molar-refractivity contribution is 0.0951. The third-order valence-corrected chi connectivity index (χ3v) is 6.68. The quantitative estimate of drug-likeness (QED) is 0.494. The predicted molar refractivity (Wildman–Crippen MR) is 124 cm³/mol. The van der Waals surface area contributed by atoms with Crippen molar-refractivity contribution < 1.29 is 28.9 Å². The van der Waals surface area contributed by atoms with Gasteiger partial charge in [-0.3, -0.25) is 9.59 Å². The Morgan fingerprint density at radius 3 is 2.41 bits per heavy atom. The molecular formula is C23H30N2O6S. The van der Waals surface area contributed by atoms with Crippen LogP contribution < -0.4 is 24.8 Å². The Morgan fingerprint density at radius 2 is 1.81 bits per heavy atom. The maximum Gasteiger partial charge on any atom is 0.256 e. The number of anilines is 1. The van der Waals surface area contributed by atoms with E-state index in [1.165, 1.54) is 32.7 Å². The van der Waals surface area contributed by atoms with Crippen LogP contribution in [0.4, 0.5) is 5.00 Å². The first-order chi connectivity index (χ1) is 15.4. The number of rotatable bonds is 9.